The molecule has 1 atom stereocenters. The standard InChI is InChI=1S/C29H27NO6/c1-18-7-9-22(10-8-18)29(34)36-24-13-11-21(12-14-24)25(31)17-35-28(33)23-15-26(32)30(16-23)27-19(2)5-4-6-20(27)3/h4-14,23H,15-17H2,1-3H3/t23-/m0/s1. The Kier molecular flexibility index (Phi) is 7.29. The molecule has 1 saturated heterocycles. The quantitative estimate of drug-likeness (QED) is 0.276. The molecule has 36 heavy (non-hydrogen) atoms. The second-order valence-electron chi connectivity index (χ2n) is 8.96. The molecule has 184 valence electrons. The second-order valence-corrected chi connectivity index (χ2v) is 8.96. The van der Waals surface area contributed by atoms with Crippen LogP contribution in [0.15, 0.2) is 66.7 Å². The van der Waals surface area contributed by atoms with Crippen molar-refractivity contribution < 1.29 is 28.7 Å². The van der Waals surface area contributed by atoms with Crippen molar-refractivity contribution in [2.45, 2.75) is 27.2 Å². The van der Waals surface area contributed by atoms with E-state index in [2.05, 4.69) is 0 Å². The Bertz CT molecular complexity index is 1290. The lowest BCUT2D eigenvalue weighted by Crippen LogP contribution is -2.28. The molecule has 4 rings (SSSR count). The van der Waals surface area contributed by atoms with Gasteiger partial charge >= 0.3 is 11.9 Å². The van der Waals surface area contributed by atoms with Crippen LogP contribution in [0, 0.1) is 26.7 Å². The molecule has 0 spiro atoms. The lowest BCUT2D eigenvalue weighted by molar-refractivity contribution is -0.147. The van der Waals surface area contributed by atoms with Crippen molar-refractivity contribution in [1.29, 1.82) is 0 Å². The van der Waals surface area contributed by atoms with E-state index < -0.39 is 30.2 Å². The Labute approximate surface area is 209 Å². The Hall–Kier alpha value is -4.26. The maximum absolute atomic E-state index is 12.6. The van der Waals surface area contributed by atoms with Gasteiger partial charge in [0.2, 0.25) is 5.91 Å². The first kappa shape index (κ1) is 24.9. The summed E-state index contributed by atoms with van der Waals surface area (Å²) in [5.74, 6) is -1.94. The highest BCUT2D eigenvalue weighted by atomic mass is 16.5. The normalized spacial score (nSPS) is 15.0. The van der Waals surface area contributed by atoms with Crippen LogP contribution >= 0.6 is 0 Å². The predicted octanol–water partition coefficient (Wildman–Crippen LogP) is 4.61. The summed E-state index contributed by atoms with van der Waals surface area (Å²) in [5, 5.41) is 0. The molecule has 1 aliphatic heterocycles. The van der Waals surface area contributed by atoms with Crippen molar-refractivity contribution in [2.24, 2.45) is 5.92 Å². The molecule has 3 aromatic rings. The third kappa shape index (κ3) is 5.51. The number of rotatable bonds is 7. The lowest BCUT2D eigenvalue weighted by Gasteiger charge is -2.21. The van der Waals surface area contributed by atoms with Gasteiger partial charge in [0, 0.05) is 24.2 Å². The fourth-order valence-electron chi connectivity index (χ4n) is 4.22. The number of ether oxygens (including phenoxy) is 2. The summed E-state index contributed by atoms with van der Waals surface area (Å²) in [4.78, 5) is 51.6. The van der Waals surface area contributed by atoms with Crippen LogP contribution in [0.25, 0.3) is 0 Å². The van der Waals surface area contributed by atoms with Crippen LogP contribution in [-0.4, -0.2) is 36.8 Å². The minimum absolute atomic E-state index is 0.0435. The second kappa shape index (κ2) is 10.6. The van der Waals surface area contributed by atoms with E-state index in [1.165, 1.54) is 24.3 Å². The van der Waals surface area contributed by atoms with E-state index >= 15 is 0 Å². The molecule has 1 amide bonds. The Balaban J connectivity index is 1.31. The number of Topliss-reactive ketones (excluding diaryl/α,β-unsaturated/α-hetero) is 1. The summed E-state index contributed by atoms with van der Waals surface area (Å²) in [7, 11) is 0. The summed E-state index contributed by atoms with van der Waals surface area (Å²) < 4.78 is 10.6. The minimum atomic E-state index is -0.632. The first-order valence-corrected chi connectivity index (χ1v) is 11.7. The van der Waals surface area contributed by atoms with Gasteiger partial charge in [0.1, 0.15) is 5.75 Å². The molecule has 1 heterocycles. The van der Waals surface area contributed by atoms with Crippen molar-refractivity contribution in [2.75, 3.05) is 18.1 Å². The van der Waals surface area contributed by atoms with Gasteiger partial charge in [-0.25, -0.2) is 4.79 Å². The van der Waals surface area contributed by atoms with Gasteiger partial charge in [0.15, 0.2) is 12.4 Å². The van der Waals surface area contributed by atoms with Crippen molar-refractivity contribution in [1.82, 2.24) is 0 Å². The zero-order chi connectivity index (χ0) is 25.8. The van der Waals surface area contributed by atoms with Gasteiger partial charge in [-0.1, -0.05) is 35.9 Å². The van der Waals surface area contributed by atoms with E-state index in [-0.39, 0.29) is 18.9 Å². The summed E-state index contributed by atoms with van der Waals surface area (Å²) in [5.41, 5.74) is 4.51. The van der Waals surface area contributed by atoms with Gasteiger partial charge in [-0.2, -0.15) is 0 Å². The number of hydrogen-bond donors (Lipinski definition) is 0. The predicted molar refractivity (Wildman–Crippen MR) is 134 cm³/mol. The first-order valence-electron chi connectivity index (χ1n) is 11.7. The third-order valence-corrected chi connectivity index (χ3v) is 6.19. The Morgan fingerprint density at radius 2 is 1.47 bits per heavy atom. The minimum Gasteiger partial charge on any atom is -0.457 e. The van der Waals surface area contributed by atoms with Gasteiger partial charge in [-0.15, -0.1) is 0 Å². The van der Waals surface area contributed by atoms with Crippen molar-refractivity contribution >= 4 is 29.3 Å². The van der Waals surface area contributed by atoms with Crippen LogP contribution in [0.4, 0.5) is 5.69 Å². The molecule has 3 aromatic carbocycles. The first-order chi connectivity index (χ1) is 17.2. The van der Waals surface area contributed by atoms with Crippen LogP contribution in [0.1, 0.15) is 43.8 Å². The molecule has 0 aliphatic carbocycles. The molecule has 0 N–H and O–H groups in total. The van der Waals surface area contributed by atoms with Crippen LogP contribution < -0.4 is 9.64 Å². The maximum Gasteiger partial charge on any atom is 0.343 e. The largest absolute Gasteiger partial charge is 0.457 e. The summed E-state index contributed by atoms with van der Waals surface area (Å²) in [6.07, 6.45) is 0.0435. The molecule has 0 saturated carbocycles. The number of ketones is 1. The molecule has 7 nitrogen and oxygen atoms in total. The molecule has 1 fully saturated rings. The lowest BCUT2D eigenvalue weighted by atomic mass is 10.1. The fraction of sp³-hybridized carbons (Fsp3) is 0.241. The van der Waals surface area contributed by atoms with E-state index in [0.717, 1.165) is 22.4 Å². The van der Waals surface area contributed by atoms with Gasteiger partial charge in [-0.3, -0.25) is 14.4 Å². The SMILES string of the molecule is Cc1ccc(C(=O)Oc2ccc(C(=O)COC(=O)[C@H]3CC(=O)N(c4c(C)cccc4C)C3)cc2)cc1. The molecule has 0 radical (unpaired) electrons. The zero-order valence-electron chi connectivity index (χ0n) is 20.4. The maximum atomic E-state index is 12.6. The number of anilines is 1. The van der Waals surface area contributed by atoms with Crippen LogP contribution in [-0.2, 0) is 14.3 Å². The van der Waals surface area contributed by atoms with Crippen molar-refractivity contribution in [3.8, 4) is 5.75 Å². The van der Waals surface area contributed by atoms with E-state index in [4.69, 9.17) is 9.47 Å². The number of aryl methyl sites for hydroxylation is 3. The summed E-state index contributed by atoms with van der Waals surface area (Å²) in [6, 6.07) is 18.8. The number of esters is 2. The molecule has 0 aromatic heterocycles. The number of para-hydroxylation sites is 1. The molecule has 7 heteroatoms. The summed E-state index contributed by atoms with van der Waals surface area (Å²) >= 11 is 0. The Morgan fingerprint density at radius 3 is 2.11 bits per heavy atom. The highest BCUT2D eigenvalue weighted by Crippen LogP contribution is 2.31. The average molecular weight is 486 g/mol. The number of hydrogen-bond acceptors (Lipinski definition) is 6. The van der Waals surface area contributed by atoms with Gasteiger partial charge < -0.3 is 14.4 Å². The average Bonchev–Trinajstić information content (AvgIpc) is 3.24. The number of carbonyl (C=O) groups excluding carboxylic acids is 4. The van der Waals surface area contributed by atoms with E-state index in [0.29, 0.717) is 16.9 Å². The number of benzene rings is 3. The van der Waals surface area contributed by atoms with Crippen molar-refractivity contribution in [3.05, 3.63) is 94.5 Å². The smallest absolute Gasteiger partial charge is 0.343 e. The third-order valence-electron chi connectivity index (χ3n) is 6.19. The van der Waals surface area contributed by atoms with Crippen LogP contribution in [0.5, 0.6) is 5.75 Å². The van der Waals surface area contributed by atoms with Gasteiger partial charge in [0.05, 0.1) is 11.5 Å². The van der Waals surface area contributed by atoms with Crippen molar-refractivity contribution in [3.63, 3.8) is 0 Å². The fourth-order valence-corrected chi connectivity index (χ4v) is 4.22. The van der Waals surface area contributed by atoms with Crippen LogP contribution in [0.3, 0.4) is 0 Å². The van der Waals surface area contributed by atoms with E-state index in [1.807, 2.05) is 51.1 Å². The molecular formula is C29H27NO6. The van der Waals surface area contributed by atoms with E-state index in [9.17, 15) is 19.2 Å². The summed E-state index contributed by atoms with van der Waals surface area (Å²) in [6.45, 7) is 5.56. The number of nitrogens with zero attached hydrogens (tertiary/aromatic N) is 1. The highest BCUT2D eigenvalue weighted by molar-refractivity contribution is 6.02. The Morgan fingerprint density at radius 1 is 0.861 bits per heavy atom. The number of carbonyl (C=O) groups is 4. The topological polar surface area (TPSA) is 90.0 Å². The molecule has 0 bridgehead atoms. The van der Waals surface area contributed by atoms with E-state index in [1.54, 1.807) is 17.0 Å². The van der Waals surface area contributed by atoms with Crippen LogP contribution in [0.2, 0.25) is 0 Å². The monoisotopic (exact) mass is 485 g/mol. The molecular weight excluding hydrogens is 458 g/mol. The number of amides is 1. The molecule has 0 unspecified atom stereocenters. The zero-order valence-corrected chi connectivity index (χ0v) is 20.4. The highest BCUT2D eigenvalue weighted by Gasteiger charge is 2.37. The van der Waals surface area contributed by atoms with Gasteiger partial charge in [0.25, 0.3) is 0 Å². The van der Waals surface area contributed by atoms with Gasteiger partial charge in [-0.05, 0) is 68.3 Å². The molecule has 1 aliphatic rings.